The Morgan fingerprint density at radius 3 is 2.67 bits per heavy atom. The normalized spacial score (nSPS) is 10.6. The molecule has 6 heteroatoms. The van der Waals surface area contributed by atoms with Crippen LogP contribution in [0.1, 0.15) is 15.9 Å². The highest BCUT2D eigenvalue weighted by Gasteiger charge is 2.11. The van der Waals surface area contributed by atoms with E-state index in [0.717, 1.165) is 0 Å². The van der Waals surface area contributed by atoms with Gasteiger partial charge in [-0.3, -0.25) is 4.79 Å². The van der Waals surface area contributed by atoms with Crippen molar-refractivity contribution in [2.24, 2.45) is 5.10 Å². The molecule has 21 heavy (non-hydrogen) atoms. The third kappa shape index (κ3) is 4.03. The first kappa shape index (κ1) is 15.0. The minimum absolute atomic E-state index is 0.279. The number of hydrazone groups is 1. The predicted octanol–water partition coefficient (Wildman–Crippen LogP) is 3.25. The van der Waals surface area contributed by atoms with Crippen molar-refractivity contribution in [3.63, 3.8) is 0 Å². The van der Waals surface area contributed by atoms with Crippen LogP contribution in [0.5, 0.6) is 5.75 Å². The van der Waals surface area contributed by atoms with Crippen LogP contribution < -0.4 is 10.2 Å². The fourth-order valence-corrected chi connectivity index (χ4v) is 1.80. The van der Waals surface area contributed by atoms with Crippen LogP contribution in [0.25, 0.3) is 0 Å². The van der Waals surface area contributed by atoms with E-state index in [2.05, 4.69) is 10.5 Å². The predicted molar refractivity (Wildman–Crippen MR) is 79.5 cm³/mol. The Morgan fingerprint density at radius 1 is 1.29 bits per heavy atom. The van der Waals surface area contributed by atoms with Gasteiger partial charge in [-0.1, -0.05) is 23.7 Å². The van der Waals surface area contributed by atoms with Gasteiger partial charge in [-0.25, -0.2) is 9.82 Å². The maximum atomic E-state index is 12.7. The number of halogens is 2. The van der Waals surface area contributed by atoms with Crippen LogP contribution in [0.2, 0.25) is 5.02 Å². The van der Waals surface area contributed by atoms with Gasteiger partial charge in [0.25, 0.3) is 5.91 Å². The fourth-order valence-electron chi connectivity index (χ4n) is 1.63. The molecule has 0 saturated heterocycles. The van der Waals surface area contributed by atoms with E-state index >= 15 is 0 Å². The monoisotopic (exact) mass is 306 g/mol. The van der Waals surface area contributed by atoms with Crippen LogP contribution >= 0.6 is 11.6 Å². The highest BCUT2D eigenvalue weighted by molar-refractivity contribution is 6.31. The number of hydrogen-bond donors (Lipinski definition) is 1. The van der Waals surface area contributed by atoms with Crippen molar-refractivity contribution in [2.45, 2.75) is 0 Å². The molecule has 0 fully saturated rings. The van der Waals surface area contributed by atoms with Gasteiger partial charge in [-0.05, 0) is 35.9 Å². The number of benzene rings is 2. The maximum absolute atomic E-state index is 12.7. The van der Waals surface area contributed by atoms with Gasteiger partial charge < -0.3 is 4.74 Å². The highest BCUT2D eigenvalue weighted by atomic mass is 35.5. The van der Waals surface area contributed by atoms with E-state index in [1.807, 2.05) is 0 Å². The van der Waals surface area contributed by atoms with Crippen molar-refractivity contribution in [3.8, 4) is 5.75 Å². The number of methoxy groups -OCH3 is 1. The van der Waals surface area contributed by atoms with Crippen molar-refractivity contribution < 1.29 is 13.9 Å². The second-order valence-corrected chi connectivity index (χ2v) is 4.53. The quantitative estimate of drug-likeness (QED) is 0.696. The molecule has 0 aliphatic heterocycles. The van der Waals surface area contributed by atoms with Crippen molar-refractivity contribution in [1.29, 1.82) is 0 Å². The van der Waals surface area contributed by atoms with Gasteiger partial charge in [-0.2, -0.15) is 5.10 Å². The molecular weight excluding hydrogens is 295 g/mol. The van der Waals surface area contributed by atoms with Crippen LogP contribution in [0.15, 0.2) is 47.6 Å². The molecule has 0 spiro atoms. The second kappa shape index (κ2) is 6.85. The standard InChI is InChI=1S/C15H12ClFN2O2/c1-21-14-7-4-11(16)8-13(14)15(20)19-18-9-10-2-5-12(17)6-3-10/h2-9H,1H3,(H,19,20)/b18-9+. The van der Waals surface area contributed by atoms with E-state index in [9.17, 15) is 9.18 Å². The topological polar surface area (TPSA) is 50.7 Å². The number of amides is 1. The molecule has 0 unspecified atom stereocenters. The van der Waals surface area contributed by atoms with E-state index in [0.29, 0.717) is 16.3 Å². The summed E-state index contributed by atoms with van der Waals surface area (Å²) in [6.07, 6.45) is 1.41. The molecule has 1 amide bonds. The Bertz CT molecular complexity index is 672. The van der Waals surface area contributed by atoms with Crippen molar-refractivity contribution in [3.05, 3.63) is 64.4 Å². The zero-order valence-corrected chi connectivity index (χ0v) is 11.9. The summed E-state index contributed by atoms with van der Waals surface area (Å²) in [4.78, 5) is 12.0. The Morgan fingerprint density at radius 2 is 2.00 bits per heavy atom. The molecule has 4 nitrogen and oxygen atoms in total. The molecule has 2 aromatic rings. The maximum Gasteiger partial charge on any atom is 0.275 e. The summed E-state index contributed by atoms with van der Waals surface area (Å²) in [6.45, 7) is 0. The average Bonchev–Trinajstić information content (AvgIpc) is 2.49. The van der Waals surface area contributed by atoms with Crippen LogP contribution in [0.3, 0.4) is 0 Å². The van der Waals surface area contributed by atoms with Gasteiger partial charge in [-0.15, -0.1) is 0 Å². The number of ether oxygens (including phenoxy) is 1. The third-order valence-electron chi connectivity index (χ3n) is 2.66. The molecule has 1 N–H and O–H groups in total. The Balaban J connectivity index is 2.08. The summed E-state index contributed by atoms with van der Waals surface area (Å²) in [5.74, 6) is -0.388. The summed E-state index contributed by atoms with van der Waals surface area (Å²) in [5, 5.41) is 4.23. The summed E-state index contributed by atoms with van der Waals surface area (Å²) in [7, 11) is 1.46. The fraction of sp³-hybridized carbons (Fsp3) is 0.0667. The molecule has 0 aliphatic carbocycles. The zero-order chi connectivity index (χ0) is 15.2. The summed E-state index contributed by atoms with van der Waals surface area (Å²) in [6, 6.07) is 10.4. The lowest BCUT2D eigenvalue weighted by Gasteiger charge is -2.07. The van der Waals surface area contributed by atoms with Gasteiger partial charge >= 0.3 is 0 Å². The Labute approximate surface area is 126 Å². The van der Waals surface area contributed by atoms with Gasteiger partial charge in [0.2, 0.25) is 0 Å². The molecule has 0 atom stereocenters. The van der Waals surface area contributed by atoms with Crippen molar-refractivity contribution in [2.75, 3.05) is 7.11 Å². The molecule has 0 saturated carbocycles. The van der Waals surface area contributed by atoms with E-state index in [1.165, 1.54) is 31.5 Å². The number of nitrogens with one attached hydrogen (secondary N) is 1. The van der Waals surface area contributed by atoms with Gasteiger partial charge in [0.1, 0.15) is 11.6 Å². The molecule has 0 radical (unpaired) electrons. The first-order valence-electron chi connectivity index (χ1n) is 6.02. The minimum atomic E-state index is -0.451. The summed E-state index contributed by atoms with van der Waals surface area (Å²) < 4.78 is 17.8. The molecule has 0 aliphatic rings. The van der Waals surface area contributed by atoms with E-state index in [4.69, 9.17) is 16.3 Å². The molecule has 0 bridgehead atoms. The van der Waals surface area contributed by atoms with Gasteiger partial charge in [0.05, 0.1) is 18.9 Å². The average molecular weight is 307 g/mol. The van der Waals surface area contributed by atoms with Gasteiger partial charge in [0, 0.05) is 5.02 Å². The number of hydrogen-bond acceptors (Lipinski definition) is 3. The van der Waals surface area contributed by atoms with E-state index in [-0.39, 0.29) is 11.4 Å². The second-order valence-electron chi connectivity index (χ2n) is 4.10. The zero-order valence-electron chi connectivity index (χ0n) is 11.1. The highest BCUT2D eigenvalue weighted by Crippen LogP contribution is 2.22. The lowest BCUT2D eigenvalue weighted by atomic mass is 10.2. The van der Waals surface area contributed by atoms with E-state index < -0.39 is 5.91 Å². The smallest absolute Gasteiger partial charge is 0.275 e. The summed E-state index contributed by atoms with van der Waals surface area (Å²) in [5.41, 5.74) is 3.30. The van der Waals surface area contributed by atoms with Gasteiger partial charge in [0.15, 0.2) is 0 Å². The van der Waals surface area contributed by atoms with Crippen LogP contribution in [-0.4, -0.2) is 19.2 Å². The van der Waals surface area contributed by atoms with Crippen LogP contribution in [0, 0.1) is 5.82 Å². The Hall–Kier alpha value is -2.40. The molecular formula is C15H12ClFN2O2. The lowest BCUT2D eigenvalue weighted by Crippen LogP contribution is -2.18. The summed E-state index contributed by atoms with van der Waals surface area (Å²) >= 11 is 5.85. The molecule has 0 heterocycles. The molecule has 2 aromatic carbocycles. The Kier molecular flexibility index (Phi) is 4.90. The number of carbonyl (C=O) groups excluding carboxylic acids is 1. The van der Waals surface area contributed by atoms with E-state index in [1.54, 1.807) is 24.3 Å². The number of nitrogens with zero attached hydrogens (tertiary/aromatic N) is 1. The van der Waals surface area contributed by atoms with Crippen molar-refractivity contribution >= 4 is 23.7 Å². The molecule has 2 rings (SSSR count). The molecule has 108 valence electrons. The largest absolute Gasteiger partial charge is 0.496 e. The molecule has 0 aromatic heterocycles. The minimum Gasteiger partial charge on any atom is -0.496 e. The SMILES string of the molecule is COc1ccc(Cl)cc1C(=O)N/N=C/c1ccc(F)cc1. The van der Waals surface area contributed by atoms with Crippen molar-refractivity contribution in [1.82, 2.24) is 5.43 Å². The van der Waals surface area contributed by atoms with Crippen LogP contribution in [-0.2, 0) is 0 Å². The third-order valence-corrected chi connectivity index (χ3v) is 2.89. The van der Waals surface area contributed by atoms with Crippen LogP contribution in [0.4, 0.5) is 4.39 Å². The number of carbonyl (C=O) groups is 1. The number of rotatable bonds is 4. The first-order valence-corrected chi connectivity index (χ1v) is 6.40. The first-order chi connectivity index (χ1) is 10.1. The lowest BCUT2D eigenvalue weighted by molar-refractivity contribution is 0.0952.